The van der Waals surface area contributed by atoms with Gasteiger partial charge in [-0.3, -0.25) is 4.79 Å². The van der Waals surface area contributed by atoms with E-state index in [0.29, 0.717) is 6.42 Å². The number of carbonyl (C=O) groups is 1. The fraction of sp³-hybridized carbons (Fsp3) is 0.731. The van der Waals surface area contributed by atoms with E-state index in [0.717, 1.165) is 56.0 Å². The van der Waals surface area contributed by atoms with Crippen molar-refractivity contribution < 1.29 is 9.53 Å². The summed E-state index contributed by atoms with van der Waals surface area (Å²) >= 11 is 0. The van der Waals surface area contributed by atoms with Crippen molar-refractivity contribution in [1.82, 2.24) is 4.90 Å². The average Bonchev–Trinajstić information content (AvgIpc) is 2.77. The van der Waals surface area contributed by atoms with Crippen molar-refractivity contribution in [3.05, 3.63) is 29.3 Å². The van der Waals surface area contributed by atoms with Gasteiger partial charge < -0.3 is 9.64 Å². The Morgan fingerprint density at radius 2 is 1.62 bits per heavy atom. The monoisotopic (exact) mass is 401 g/mol. The van der Waals surface area contributed by atoms with Crippen LogP contribution in [0.15, 0.2) is 18.2 Å². The van der Waals surface area contributed by atoms with Crippen molar-refractivity contribution in [3.8, 4) is 5.75 Å². The Labute approximate surface area is 179 Å². The molecule has 164 valence electrons. The first-order chi connectivity index (χ1) is 14.2. The van der Waals surface area contributed by atoms with Crippen molar-refractivity contribution in [1.29, 1.82) is 0 Å². The molecule has 0 N–H and O–H groups in total. The van der Waals surface area contributed by atoms with Crippen LogP contribution in [0.25, 0.3) is 0 Å². The summed E-state index contributed by atoms with van der Waals surface area (Å²) in [5, 5.41) is 0. The van der Waals surface area contributed by atoms with Gasteiger partial charge in [-0.25, -0.2) is 0 Å². The highest BCUT2D eigenvalue weighted by molar-refractivity contribution is 5.96. The minimum absolute atomic E-state index is 0.264. The third-order valence-corrected chi connectivity index (χ3v) is 6.12. The number of ketones is 1. The third-order valence-electron chi connectivity index (χ3n) is 6.12. The molecule has 0 spiro atoms. The quantitative estimate of drug-likeness (QED) is 0.238. The van der Waals surface area contributed by atoms with E-state index < -0.39 is 0 Å². The number of rotatable bonds is 15. The molecule has 1 saturated heterocycles. The molecule has 0 unspecified atom stereocenters. The van der Waals surface area contributed by atoms with Crippen LogP contribution in [0, 0.1) is 0 Å². The lowest BCUT2D eigenvalue weighted by Gasteiger charge is -2.26. The Morgan fingerprint density at radius 3 is 2.31 bits per heavy atom. The highest BCUT2D eigenvalue weighted by Crippen LogP contribution is 2.22. The molecule has 0 radical (unpaired) electrons. The number of benzene rings is 1. The van der Waals surface area contributed by atoms with Crippen molar-refractivity contribution >= 4 is 5.78 Å². The van der Waals surface area contributed by atoms with Crippen molar-refractivity contribution in [2.45, 2.75) is 97.3 Å². The Hall–Kier alpha value is -1.35. The number of piperidine rings is 1. The molecule has 0 amide bonds. The number of carbonyl (C=O) groups excluding carboxylic acids is 1. The molecule has 1 heterocycles. The van der Waals surface area contributed by atoms with Crippen molar-refractivity contribution in [3.63, 3.8) is 0 Å². The van der Waals surface area contributed by atoms with E-state index in [-0.39, 0.29) is 5.78 Å². The maximum atomic E-state index is 12.6. The summed E-state index contributed by atoms with van der Waals surface area (Å²) in [6, 6.07) is 6.03. The number of hydrogen-bond donors (Lipinski definition) is 0. The Balaban J connectivity index is 1.69. The summed E-state index contributed by atoms with van der Waals surface area (Å²) in [4.78, 5) is 15.1. The average molecular weight is 402 g/mol. The highest BCUT2D eigenvalue weighted by atomic mass is 16.5. The van der Waals surface area contributed by atoms with Gasteiger partial charge in [0.05, 0.1) is 6.61 Å². The van der Waals surface area contributed by atoms with Gasteiger partial charge in [0.15, 0.2) is 5.78 Å². The first kappa shape index (κ1) is 23.9. The van der Waals surface area contributed by atoms with Gasteiger partial charge in [-0.1, -0.05) is 65.2 Å². The van der Waals surface area contributed by atoms with Gasteiger partial charge in [0, 0.05) is 18.5 Å². The van der Waals surface area contributed by atoms with E-state index in [4.69, 9.17) is 4.74 Å². The fourth-order valence-corrected chi connectivity index (χ4v) is 4.18. The van der Waals surface area contributed by atoms with Crippen molar-refractivity contribution in [2.24, 2.45) is 0 Å². The molecule has 3 heteroatoms. The SMILES string of the molecule is CCCCCCCCCCOc1ccc(C(=O)CCN2CCCCC2)cc1CC. The maximum Gasteiger partial charge on any atom is 0.164 e. The summed E-state index contributed by atoms with van der Waals surface area (Å²) in [6.45, 7) is 8.39. The van der Waals surface area contributed by atoms with E-state index >= 15 is 0 Å². The summed E-state index contributed by atoms with van der Waals surface area (Å²) in [5.74, 6) is 1.22. The molecule has 1 aromatic carbocycles. The van der Waals surface area contributed by atoms with Gasteiger partial charge in [-0.15, -0.1) is 0 Å². The molecule has 0 bridgehead atoms. The van der Waals surface area contributed by atoms with Crippen LogP contribution in [0.1, 0.15) is 107 Å². The standard InChI is InChI=1S/C26H43NO2/c1-3-5-6-7-8-9-10-14-21-29-26-16-15-24(22-23(26)4-2)25(28)17-20-27-18-12-11-13-19-27/h15-16,22H,3-14,17-21H2,1-2H3. The number of Topliss-reactive ketones (excluding diaryl/α,β-unsaturated/α-hetero) is 1. The van der Waals surface area contributed by atoms with Gasteiger partial charge in [-0.2, -0.15) is 0 Å². The minimum Gasteiger partial charge on any atom is -0.493 e. The molecule has 1 aliphatic heterocycles. The summed E-state index contributed by atoms with van der Waals surface area (Å²) in [6.07, 6.45) is 15.9. The van der Waals surface area contributed by atoms with Crippen LogP contribution < -0.4 is 4.74 Å². The van der Waals surface area contributed by atoms with Gasteiger partial charge in [0.1, 0.15) is 5.75 Å². The van der Waals surface area contributed by atoms with E-state index in [1.807, 2.05) is 12.1 Å². The summed E-state index contributed by atoms with van der Waals surface area (Å²) < 4.78 is 6.04. The molecule has 29 heavy (non-hydrogen) atoms. The van der Waals surface area contributed by atoms with Crippen LogP contribution in [-0.4, -0.2) is 36.9 Å². The van der Waals surface area contributed by atoms with E-state index in [2.05, 4.69) is 24.8 Å². The molecule has 0 aliphatic carbocycles. The molecule has 2 rings (SSSR count). The molecule has 0 aromatic heterocycles. The first-order valence-corrected chi connectivity index (χ1v) is 12.3. The smallest absolute Gasteiger partial charge is 0.164 e. The van der Waals surface area contributed by atoms with Gasteiger partial charge >= 0.3 is 0 Å². The topological polar surface area (TPSA) is 29.5 Å². The zero-order valence-electron chi connectivity index (χ0n) is 19.0. The molecule has 3 nitrogen and oxygen atoms in total. The van der Waals surface area contributed by atoms with Crippen LogP contribution in [-0.2, 0) is 6.42 Å². The van der Waals surface area contributed by atoms with E-state index in [1.165, 1.54) is 64.2 Å². The number of unbranched alkanes of at least 4 members (excludes halogenated alkanes) is 7. The third kappa shape index (κ3) is 9.33. The lowest BCUT2D eigenvalue weighted by molar-refractivity contribution is 0.0958. The second-order valence-corrected chi connectivity index (χ2v) is 8.57. The number of nitrogens with zero attached hydrogens (tertiary/aromatic N) is 1. The van der Waals surface area contributed by atoms with Crippen LogP contribution in [0.3, 0.4) is 0 Å². The predicted octanol–water partition coefficient (Wildman–Crippen LogP) is 6.83. The van der Waals surface area contributed by atoms with Crippen LogP contribution in [0.5, 0.6) is 5.75 Å². The largest absolute Gasteiger partial charge is 0.493 e. The Bertz CT molecular complexity index is 578. The number of likely N-dealkylation sites (tertiary alicyclic amines) is 1. The predicted molar refractivity (Wildman–Crippen MR) is 123 cm³/mol. The van der Waals surface area contributed by atoms with E-state index in [1.54, 1.807) is 0 Å². The molecular weight excluding hydrogens is 358 g/mol. The number of ether oxygens (including phenoxy) is 1. The lowest BCUT2D eigenvalue weighted by atomic mass is 10.0. The lowest BCUT2D eigenvalue weighted by Crippen LogP contribution is -2.31. The zero-order chi connectivity index (χ0) is 20.7. The van der Waals surface area contributed by atoms with Crippen LogP contribution >= 0.6 is 0 Å². The molecule has 1 aromatic rings. The van der Waals surface area contributed by atoms with Gasteiger partial charge in [-0.05, 0) is 62.5 Å². The second kappa shape index (κ2) is 14.6. The van der Waals surface area contributed by atoms with Gasteiger partial charge in [0.25, 0.3) is 0 Å². The summed E-state index contributed by atoms with van der Waals surface area (Å²) in [5.41, 5.74) is 2.01. The van der Waals surface area contributed by atoms with Crippen LogP contribution in [0.2, 0.25) is 0 Å². The molecule has 0 atom stereocenters. The number of hydrogen-bond acceptors (Lipinski definition) is 3. The molecular formula is C26H43NO2. The molecule has 0 saturated carbocycles. The normalized spacial score (nSPS) is 14.8. The first-order valence-electron chi connectivity index (χ1n) is 12.3. The number of aryl methyl sites for hydroxylation is 1. The van der Waals surface area contributed by atoms with Crippen LogP contribution in [0.4, 0.5) is 0 Å². The Morgan fingerprint density at radius 1 is 0.931 bits per heavy atom. The molecule has 1 aliphatic rings. The second-order valence-electron chi connectivity index (χ2n) is 8.57. The van der Waals surface area contributed by atoms with Gasteiger partial charge in [0.2, 0.25) is 0 Å². The molecule has 1 fully saturated rings. The van der Waals surface area contributed by atoms with Crippen molar-refractivity contribution in [2.75, 3.05) is 26.2 Å². The minimum atomic E-state index is 0.264. The maximum absolute atomic E-state index is 12.6. The highest BCUT2D eigenvalue weighted by Gasteiger charge is 2.14. The van der Waals surface area contributed by atoms with E-state index in [9.17, 15) is 4.79 Å². The fourth-order valence-electron chi connectivity index (χ4n) is 4.18. The Kier molecular flexibility index (Phi) is 12.0. The summed E-state index contributed by atoms with van der Waals surface area (Å²) in [7, 11) is 0. The zero-order valence-corrected chi connectivity index (χ0v) is 19.0.